The first kappa shape index (κ1) is 15.2. The van der Waals surface area contributed by atoms with Crippen LogP contribution in [0.4, 0.5) is 0 Å². The van der Waals surface area contributed by atoms with Gasteiger partial charge < -0.3 is 14.5 Å². The highest BCUT2D eigenvalue weighted by Gasteiger charge is 2.49. The minimum Gasteiger partial charge on any atom is -0.426 e. The summed E-state index contributed by atoms with van der Waals surface area (Å²) in [6, 6.07) is 6.06. The van der Waals surface area contributed by atoms with E-state index in [2.05, 4.69) is 0 Å². The van der Waals surface area contributed by atoms with Gasteiger partial charge in [-0.1, -0.05) is 24.6 Å². The molecule has 0 aromatic heterocycles. The van der Waals surface area contributed by atoms with Gasteiger partial charge in [0.1, 0.15) is 5.75 Å². The van der Waals surface area contributed by atoms with Gasteiger partial charge in [-0.3, -0.25) is 9.36 Å². The number of carbonyl (C=O) groups is 1. The Morgan fingerprint density at radius 3 is 2.56 bits per heavy atom. The molecule has 1 unspecified atom stereocenters. The first-order valence-electron chi connectivity index (χ1n) is 5.24. The second-order valence-corrected chi connectivity index (χ2v) is 6.53. The van der Waals surface area contributed by atoms with Crippen LogP contribution in [-0.2, 0) is 9.36 Å². The molecule has 0 aliphatic heterocycles. The van der Waals surface area contributed by atoms with Crippen LogP contribution < -0.4 is 4.74 Å². The van der Waals surface area contributed by atoms with Crippen LogP contribution in [0.15, 0.2) is 24.3 Å². The van der Waals surface area contributed by atoms with Gasteiger partial charge >= 0.3 is 13.6 Å². The third-order valence-electron chi connectivity index (χ3n) is 2.78. The van der Waals surface area contributed by atoms with Crippen molar-refractivity contribution >= 4 is 25.2 Å². The van der Waals surface area contributed by atoms with E-state index in [4.69, 9.17) is 16.3 Å². The Labute approximate surface area is 110 Å². The first-order chi connectivity index (χ1) is 8.20. The lowest BCUT2D eigenvalue weighted by atomic mass is 10.1. The molecule has 7 heteroatoms. The molecule has 100 valence electrons. The van der Waals surface area contributed by atoms with E-state index in [0.717, 1.165) is 0 Å². The van der Waals surface area contributed by atoms with Crippen LogP contribution in [0.1, 0.15) is 20.3 Å². The fourth-order valence-corrected chi connectivity index (χ4v) is 2.09. The lowest BCUT2D eigenvalue weighted by molar-refractivity contribution is -0.137. The molecule has 0 saturated carbocycles. The van der Waals surface area contributed by atoms with E-state index in [9.17, 15) is 19.1 Å². The fraction of sp³-hybridized carbons (Fsp3) is 0.364. The van der Waals surface area contributed by atoms with E-state index in [-0.39, 0.29) is 12.2 Å². The Balaban J connectivity index is 2.98. The number of halogens is 1. The van der Waals surface area contributed by atoms with Gasteiger partial charge in [-0.15, -0.1) is 0 Å². The van der Waals surface area contributed by atoms with Crippen molar-refractivity contribution in [2.24, 2.45) is 0 Å². The highest BCUT2D eigenvalue weighted by Crippen LogP contribution is 2.52. The Morgan fingerprint density at radius 1 is 1.50 bits per heavy atom. The van der Waals surface area contributed by atoms with E-state index in [0.29, 0.717) is 5.02 Å². The minimum atomic E-state index is -4.60. The maximum Gasteiger partial charge on any atom is 0.342 e. The Kier molecular flexibility index (Phi) is 4.56. The average molecular weight is 293 g/mol. The van der Waals surface area contributed by atoms with E-state index in [1.807, 2.05) is 0 Å². The molecule has 0 bridgehead atoms. The molecule has 1 rings (SSSR count). The van der Waals surface area contributed by atoms with Gasteiger partial charge in [-0.05, 0) is 31.5 Å². The predicted octanol–water partition coefficient (Wildman–Crippen LogP) is 2.59. The van der Waals surface area contributed by atoms with Crippen LogP contribution in [0, 0.1) is 0 Å². The number of hydrogen-bond donors (Lipinski definition) is 2. The second kappa shape index (κ2) is 5.41. The summed E-state index contributed by atoms with van der Waals surface area (Å²) in [7, 11) is -4.60. The number of esters is 1. The first-order valence-corrected chi connectivity index (χ1v) is 7.23. The summed E-state index contributed by atoms with van der Waals surface area (Å²) in [6.45, 7) is 2.69. The quantitative estimate of drug-likeness (QED) is 0.506. The van der Waals surface area contributed by atoms with Crippen LogP contribution in [0.3, 0.4) is 0 Å². The minimum absolute atomic E-state index is 0.0311. The zero-order valence-corrected chi connectivity index (χ0v) is 11.6. The molecular formula is C11H14ClO5P. The van der Waals surface area contributed by atoms with Crippen molar-refractivity contribution in [3.05, 3.63) is 29.3 Å². The maximum absolute atomic E-state index is 11.9. The standard InChI is InChI=1S/C11H14ClO5P/c1-3-11(2,18(14,15)16)10(13)17-9-6-4-5-8(12)7-9/h4-7H,3H2,1-2H3,(H2,14,15,16). The lowest BCUT2D eigenvalue weighted by Crippen LogP contribution is -2.38. The number of hydrogen-bond acceptors (Lipinski definition) is 3. The van der Waals surface area contributed by atoms with Crippen molar-refractivity contribution in [2.75, 3.05) is 0 Å². The SMILES string of the molecule is CCC(C)(C(=O)Oc1cccc(Cl)c1)P(=O)(O)O. The Bertz CT molecular complexity index is 498. The van der Waals surface area contributed by atoms with Gasteiger partial charge in [0.15, 0.2) is 5.16 Å². The van der Waals surface area contributed by atoms with Gasteiger partial charge in [0, 0.05) is 5.02 Å². The monoisotopic (exact) mass is 292 g/mol. The van der Waals surface area contributed by atoms with Gasteiger partial charge in [-0.25, -0.2) is 0 Å². The molecule has 2 N–H and O–H groups in total. The summed E-state index contributed by atoms with van der Waals surface area (Å²) in [5.41, 5.74) is 0. The topological polar surface area (TPSA) is 83.8 Å². The zero-order valence-electron chi connectivity index (χ0n) is 9.96. The van der Waals surface area contributed by atoms with Crippen molar-refractivity contribution in [1.29, 1.82) is 0 Å². The maximum atomic E-state index is 11.9. The molecule has 0 saturated heterocycles. The Morgan fingerprint density at radius 2 is 2.11 bits per heavy atom. The molecular weight excluding hydrogens is 279 g/mol. The highest BCUT2D eigenvalue weighted by atomic mass is 35.5. The van der Waals surface area contributed by atoms with E-state index < -0.39 is 18.7 Å². The second-order valence-electron chi connectivity index (χ2n) is 4.02. The van der Waals surface area contributed by atoms with Gasteiger partial charge in [0.25, 0.3) is 0 Å². The Hall–Kier alpha value is -0.870. The molecule has 0 fully saturated rings. The molecule has 1 atom stereocenters. The lowest BCUT2D eigenvalue weighted by Gasteiger charge is -2.26. The van der Waals surface area contributed by atoms with Gasteiger partial charge in [0.05, 0.1) is 0 Å². The molecule has 0 heterocycles. The molecule has 0 aliphatic carbocycles. The van der Waals surface area contributed by atoms with Crippen molar-refractivity contribution in [3.8, 4) is 5.75 Å². The zero-order chi connectivity index (χ0) is 14.0. The molecule has 5 nitrogen and oxygen atoms in total. The smallest absolute Gasteiger partial charge is 0.342 e. The summed E-state index contributed by atoms with van der Waals surface area (Å²) in [5, 5.41) is -1.48. The van der Waals surface area contributed by atoms with Crippen molar-refractivity contribution in [1.82, 2.24) is 0 Å². The molecule has 18 heavy (non-hydrogen) atoms. The van der Waals surface area contributed by atoms with E-state index in [1.54, 1.807) is 12.1 Å². The molecule has 1 aromatic carbocycles. The van der Waals surface area contributed by atoms with Gasteiger partial charge in [0.2, 0.25) is 0 Å². The van der Waals surface area contributed by atoms with Crippen molar-refractivity contribution in [2.45, 2.75) is 25.4 Å². The highest BCUT2D eigenvalue weighted by molar-refractivity contribution is 7.54. The molecule has 0 aliphatic rings. The van der Waals surface area contributed by atoms with Crippen LogP contribution in [-0.4, -0.2) is 20.9 Å². The summed E-state index contributed by atoms with van der Waals surface area (Å²) in [6.07, 6.45) is -0.0311. The third kappa shape index (κ3) is 3.12. The third-order valence-corrected chi connectivity index (χ3v) is 4.80. The molecule has 0 radical (unpaired) electrons. The van der Waals surface area contributed by atoms with Crippen LogP contribution in [0.5, 0.6) is 5.75 Å². The molecule has 0 amide bonds. The number of rotatable bonds is 4. The average Bonchev–Trinajstić information content (AvgIpc) is 2.26. The normalized spacial score (nSPS) is 14.9. The molecule has 0 spiro atoms. The van der Waals surface area contributed by atoms with Gasteiger partial charge in [-0.2, -0.15) is 0 Å². The predicted molar refractivity (Wildman–Crippen MR) is 67.8 cm³/mol. The number of carbonyl (C=O) groups excluding carboxylic acids is 1. The van der Waals surface area contributed by atoms with Crippen molar-refractivity contribution in [3.63, 3.8) is 0 Å². The summed E-state index contributed by atoms with van der Waals surface area (Å²) in [4.78, 5) is 30.3. The van der Waals surface area contributed by atoms with E-state index in [1.165, 1.54) is 26.0 Å². The largest absolute Gasteiger partial charge is 0.426 e. The van der Waals surface area contributed by atoms with Crippen LogP contribution in [0.2, 0.25) is 5.02 Å². The molecule has 1 aromatic rings. The van der Waals surface area contributed by atoms with E-state index >= 15 is 0 Å². The summed E-state index contributed by atoms with van der Waals surface area (Å²) >= 11 is 5.72. The number of benzene rings is 1. The summed E-state index contributed by atoms with van der Waals surface area (Å²) in [5.74, 6) is -0.818. The number of ether oxygens (including phenoxy) is 1. The summed E-state index contributed by atoms with van der Waals surface area (Å²) < 4.78 is 16.3. The van der Waals surface area contributed by atoms with Crippen molar-refractivity contribution < 1.29 is 23.9 Å². The van der Waals surface area contributed by atoms with Crippen LogP contribution in [0.25, 0.3) is 0 Å². The fourth-order valence-electron chi connectivity index (χ4n) is 1.22. The van der Waals surface area contributed by atoms with Crippen LogP contribution >= 0.6 is 19.2 Å².